The molecule has 7 nitrogen and oxygen atoms in total. The molecule has 1 aliphatic rings. The Morgan fingerprint density at radius 3 is 2.37 bits per heavy atom. The van der Waals surface area contributed by atoms with Gasteiger partial charge in [-0.1, -0.05) is 56.1 Å². The Morgan fingerprint density at radius 2 is 1.80 bits per heavy atom. The first kappa shape index (κ1) is 33.2. The van der Waals surface area contributed by atoms with Gasteiger partial charge in [0.15, 0.2) is 0 Å². The molecular formula is C30H39Cl2F2N3O4. The summed E-state index contributed by atoms with van der Waals surface area (Å²) < 4.78 is 30.9. The average Bonchev–Trinajstić information content (AvgIpc) is 3.23. The van der Waals surface area contributed by atoms with Crippen LogP contribution in [-0.4, -0.2) is 61.3 Å². The zero-order chi connectivity index (χ0) is 30.5. The van der Waals surface area contributed by atoms with Crippen LogP contribution in [-0.2, 0) is 15.0 Å². The normalized spacial score (nSPS) is 22.7. The van der Waals surface area contributed by atoms with Gasteiger partial charge in [-0.15, -0.1) is 0 Å². The van der Waals surface area contributed by atoms with E-state index in [2.05, 4.69) is 16.0 Å². The predicted octanol–water partition coefficient (Wildman–Crippen LogP) is 4.81. The SMILES string of the molecule is CNc1cc(Cl)c(F)cc1[C@]1(C=O)[C@@H](CC(C)(C)C)N[C@@H](C(=O)NCC(CCO)CCO)[C@@H]1c1cccc(Cl)c1F. The second-order valence-electron chi connectivity index (χ2n) is 11.8. The number of aliphatic hydroxyl groups is 2. The smallest absolute Gasteiger partial charge is 0.237 e. The number of amides is 1. The lowest BCUT2D eigenvalue weighted by Crippen LogP contribution is -2.47. The third-order valence-corrected chi connectivity index (χ3v) is 8.43. The van der Waals surface area contributed by atoms with Crippen molar-refractivity contribution in [3.8, 4) is 0 Å². The summed E-state index contributed by atoms with van der Waals surface area (Å²) in [4.78, 5) is 27.4. The summed E-state index contributed by atoms with van der Waals surface area (Å²) in [6, 6.07) is 5.11. The molecule has 2 aromatic rings. The van der Waals surface area contributed by atoms with E-state index in [0.29, 0.717) is 31.2 Å². The molecular weight excluding hydrogens is 575 g/mol. The van der Waals surface area contributed by atoms with Crippen LogP contribution in [0.2, 0.25) is 10.0 Å². The number of carbonyl (C=O) groups excluding carboxylic acids is 2. The summed E-state index contributed by atoms with van der Waals surface area (Å²) in [5, 5.41) is 27.6. The van der Waals surface area contributed by atoms with Gasteiger partial charge in [-0.3, -0.25) is 4.79 Å². The minimum absolute atomic E-state index is 0.0355. The maximum Gasteiger partial charge on any atom is 0.237 e. The highest BCUT2D eigenvalue weighted by atomic mass is 35.5. The van der Waals surface area contributed by atoms with Crippen molar-refractivity contribution in [2.24, 2.45) is 11.3 Å². The van der Waals surface area contributed by atoms with E-state index in [1.807, 2.05) is 20.8 Å². The number of anilines is 1. The lowest BCUT2D eigenvalue weighted by molar-refractivity contribution is -0.123. The van der Waals surface area contributed by atoms with Crippen LogP contribution in [0, 0.1) is 23.0 Å². The molecule has 4 atom stereocenters. The number of benzene rings is 2. The summed E-state index contributed by atoms with van der Waals surface area (Å²) in [7, 11) is 1.61. The van der Waals surface area contributed by atoms with Gasteiger partial charge in [0.05, 0.1) is 21.5 Å². The quantitative estimate of drug-likeness (QED) is 0.220. The highest BCUT2D eigenvalue weighted by Gasteiger charge is 2.60. The van der Waals surface area contributed by atoms with Crippen LogP contribution in [0.4, 0.5) is 14.5 Å². The van der Waals surface area contributed by atoms with E-state index in [4.69, 9.17) is 23.2 Å². The second-order valence-corrected chi connectivity index (χ2v) is 12.6. The predicted molar refractivity (Wildman–Crippen MR) is 158 cm³/mol. The van der Waals surface area contributed by atoms with Crippen molar-refractivity contribution in [2.45, 2.75) is 63.5 Å². The van der Waals surface area contributed by atoms with Crippen molar-refractivity contribution < 1.29 is 28.6 Å². The molecule has 0 radical (unpaired) electrons. The zero-order valence-corrected chi connectivity index (χ0v) is 25.3. The molecule has 0 spiro atoms. The van der Waals surface area contributed by atoms with Crippen LogP contribution in [0.1, 0.15) is 57.1 Å². The largest absolute Gasteiger partial charge is 0.396 e. The van der Waals surface area contributed by atoms with Gasteiger partial charge in [0.25, 0.3) is 0 Å². The first-order valence-electron chi connectivity index (χ1n) is 13.7. The van der Waals surface area contributed by atoms with E-state index in [-0.39, 0.29) is 52.3 Å². The number of aldehydes is 1. The van der Waals surface area contributed by atoms with Crippen LogP contribution < -0.4 is 16.0 Å². The maximum absolute atomic E-state index is 15.8. The number of halogens is 4. The number of hydrogen-bond donors (Lipinski definition) is 5. The number of nitrogens with one attached hydrogen (secondary N) is 3. The van der Waals surface area contributed by atoms with Crippen LogP contribution in [0.3, 0.4) is 0 Å². The molecule has 0 bridgehead atoms. The van der Waals surface area contributed by atoms with Gasteiger partial charge in [-0.25, -0.2) is 8.78 Å². The summed E-state index contributed by atoms with van der Waals surface area (Å²) in [5.74, 6) is -3.36. The summed E-state index contributed by atoms with van der Waals surface area (Å²) in [5.41, 5.74) is -1.35. The van der Waals surface area contributed by atoms with Gasteiger partial charge in [-0.05, 0) is 59.9 Å². The number of aliphatic hydroxyl groups excluding tert-OH is 2. The highest BCUT2D eigenvalue weighted by molar-refractivity contribution is 6.31. The lowest BCUT2D eigenvalue weighted by Gasteiger charge is -2.39. The van der Waals surface area contributed by atoms with Crippen molar-refractivity contribution in [1.29, 1.82) is 0 Å². The average molecular weight is 615 g/mol. The van der Waals surface area contributed by atoms with Crippen LogP contribution in [0.5, 0.6) is 0 Å². The van der Waals surface area contributed by atoms with Crippen molar-refractivity contribution in [1.82, 2.24) is 10.6 Å². The fourth-order valence-electron chi connectivity index (χ4n) is 5.96. The molecule has 1 amide bonds. The van der Waals surface area contributed by atoms with Gasteiger partial charge in [0, 0.05) is 44.5 Å². The molecule has 0 aliphatic carbocycles. The summed E-state index contributed by atoms with van der Waals surface area (Å²) in [6.07, 6.45) is 1.79. The van der Waals surface area contributed by atoms with E-state index in [0.717, 1.165) is 0 Å². The van der Waals surface area contributed by atoms with Crippen molar-refractivity contribution in [3.05, 3.63) is 63.1 Å². The van der Waals surface area contributed by atoms with Gasteiger partial charge < -0.3 is 31.0 Å². The van der Waals surface area contributed by atoms with E-state index in [1.165, 1.54) is 24.3 Å². The Kier molecular flexibility index (Phi) is 11.2. The summed E-state index contributed by atoms with van der Waals surface area (Å²) >= 11 is 12.3. The molecule has 11 heteroatoms. The Morgan fingerprint density at radius 1 is 1.15 bits per heavy atom. The van der Waals surface area contributed by atoms with Crippen molar-refractivity contribution in [3.63, 3.8) is 0 Å². The van der Waals surface area contributed by atoms with Crippen LogP contribution in [0.15, 0.2) is 30.3 Å². The fourth-order valence-corrected chi connectivity index (χ4v) is 6.31. The monoisotopic (exact) mass is 613 g/mol. The number of carbonyl (C=O) groups is 2. The molecule has 0 aromatic heterocycles. The minimum Gasteiger partial charge on any atom is -0.396 e. The number of rotatable bonds is 12. The molecule has 0 saturated carbocycles. The number of hydrogen-bond acceptors (Lipinski definition) is 6. The third-order valence-electron chi connectivity index (χ3n) is 7.85. The first-order chi connectivity index (χ1) is 19.3. The molecule has 1 saturated heterocycles. The van der Waals surface area contributed by atoms with E-state index < -0.39 is 41.0 Å². The Bertz CT molecular complexity index is 1240. The van der Waals surface area contributed by atoms with E-state index in [1.54, 1.807) is 13.1 Å². The van der Waals surface area contributed by atoms with Gasteiger partial charge in [0.1, 0.15) is 17.9 Å². The topological polar surface area (TPSA) is 111 Å². The fraction of sp³-hybridized carbons (Fsp3) is 0.533. The van der Waals surface area contributed by atoms with Crippen molar-refractivity contribution in [2.75, 3.05) is 32.1 Å². The third kappa shape index (κ3) is 7.03. The maximum atomic E-state index is 15.8. The molecule has 5 N–H and O–H groups in total. The Hall–Kier alpha value is -2.30. The molecule has 1 fully saturated rings. The molecule has 0 unspecified atom stereocenters. The van der Waals surface area contributed by atoms with Gasteiger partial charge in [0.2, 0.25) is 5.91 Å². The Balaban J connectivity index is 2.28. The van der Waals surface area contributed by atoms with E-state index >= 15 is 8.78 Å². The molecule has 1 heterocycles. The highest BCUT2D eigenvalue weighted by Crippen LogP contribution is 2.53. The molecule has 3 rings (SSSR count). The van der Waals surface area contributed by atoms with Crippen molar-refractivity contribution >= 4 is 41.1 Å². The first-order valence-corrected chi connectivity index (χ1v) is 14.4. The van der Waals surface area contributed by atoms with Crippen LogP contribution >= 0.6 is 23.2 Å². The second kappa shape index (κ2) is 13.8. The van der Waals surface area contributed by atoms with Gasteiger partial charge >= 0.3 is 0 Å². The molecule has 1 aliphatic heterocycles. The molecule has 41 heavy (non-hydrogen) atoms. The summed E-state index contributed by atoms with van der Waals surface area (Å²) in [6.45, 7) is 5.84. The zero-order valence-electron chi connectivity index (χ0n) is 23.7. The lowest BCUT2D eigenvalue weighted by atomic mass is 9.62. The standard InChI is InChI=1S/C30H39Cl2F2N3O4/c1-29(2,3)14-24-30(16-40,19-12-22(33)21(32)13-23(19)35-4)25(18-6-5-7-20(31)26(18)34)27(37-24)28(41)36-15-17(8-10-38)9-11-39/h5-7,12-13,16-17,24-25,27,35,37-39H,8-11,14-15H2,1-4H3,(H,36,41)/t24-,25+,27-,30-/m1/s1. The van der Waals surface area contributed by atoms with E-state index in [9.17, 15) is 19.8 Å². The molecule has 226 valence electrons. The molecule has 2 aromatic carbocycles. The van der Waals surface area contributed by atoms with Gasteiger partial charge in [-0.2, -0.15) is 0 Å². The van der Waals surface area contributed by atoms with Crippen LogP contribution in [0.25, 0.3) is 0 Å². The Labute approximate surface area is 250 Å². The minimum atomic E-state index is -1.62.